The van der Waals surface area contributed by atoms with Crippen molar-refractivity contribution in [2.75, 3.05) is 6.61 Å². The van der Waals surface area contributed by atoms with Crippen LogP contribution in [0, 0.1) is 17.0 Å². The quantitative estimate of drug-likeness (QED) is 0.145. The Morgan fingerprint density at radius 2 is 1.50 bits per heavy atom. The second kappa shape index (κ2) is 15.4. The Morgan fingerprint density at radius 3 is 2.10 bits per heavy atom. The molecule has 168 valence electrons. The molecular weight excluding hydrogens is 386 g/mol. The molecule has 0 heterocycles. The molecule has 1 aromatic rings. The molecule has 30 heavy (non-hydrogen) atoms. The molecule has 0 unspecified atom stereocenters. The zero-order valence-electron chi connectivity index (χ0n) is 18.3. The minimum atomic E-state index is -0.433. The zero-order valence-corrected chi connectivity index (χ0v) is 18.3. The summed E-state index contributed by atoms with van der Waals surface area (Å²) in [6, 6.07) is 4.77. The summed E-state index contributed by atoms with van der Waals surface area (Å²) in [4.78, 5) is 33.9. The van der Waals surface area contributed by atoms with E-state index in [9.17, 15) is 19.7 Å². The number of hydrogen-bond donors (Lipinski definition) is 0. The van der Waals surface area contributed by atoms with Crippen LogP contribution in [0.15, 0.2) is 18.2 Å². The van der Waals surface area contributed by atoms with Crippen LogP contribution >= 0.6 is 0 Å². The van der Waals surface area contributed by atoms with Gasteiger partial charge in [-0.2, -0.15) is 0 Å². The van der Waals surface area contributed by atoms with Crippen molar-refractivity contribution in [3.8, 4) is 0 Å². The van der Waals surface area contributed by atoms with Crippen molar-refractivity contribution < 1.29 is 24.0 Å². The molecule has 0 N–H and O–H groups in total. The van der Waals surface area contributed by atoms with Gasteiger partial charge < -0.3 is 9.47 Å². The summed E-state index contributed by atoms with van der Waals surface area (Å²) in [6.45, 7) is 4.36. The number of carbonyl (C=O) groups is 2. The third-order valence-corrected chi connectivity index (χ3v) is 5.03. The molecule has 0 bridgehead atoms. The lowest BCUT2D eigenvalue weighted by atomic mass is 10.1. The van der Waals surface area contributed by atoms with Crippen LogP contribution in [0.5, 0.6) is 0 Å². The van der Waals surface area contributed by atoms with Crippen molar-refractivity contribution in [2.24, 2.45) is 0 Å². The molecule has 0 aliphatic rings. The maximum atomic E-state index is 11.9. The molecule has 0 saturated heterocycles. The van der Waals surface area contributed by atoms with Gasteiger partial charge in [0, 0.05) is 24.5 Å². The molecule has 0 spiro atoms. The normalized spacial score (nSPS) is 10.6. The number of esters is 2. The minimum Gasteiger partial charge on any atom is -0.466 e. The zero-order chi connectivity index (χ0) is 22.2. The van der Waals surface area contributed by atoms with Crippen LogP contribution in [-0.4, -0.2) is 23.5 Å². The van der Waals surface area contributed by atoms with Gasteiger partial charge in [0.05, 0.1) is 11.5 Å². The molecule has 0 atom stereocenters. The van der Waals surface area contributed by atoms with Gasteiger partial charge in [-0.05, 0) is 31.7 Å². The Bertz CT molecular complexity index is 674. The van der Waals surface area contributed by atoms with E-state index in [1.165, 1.54) is 6.07 Å². The minimum absolute atomic E-state index is 0.0355. The van der Waals surface area contributed by atoms with Crippen LogP contribution in [0.25, 0.3) is 0 Å². The maximum Gasteiger partial charge on any atom is 0.306 e. The Morgan fingerprint density at radius 1 is 0.900 bits per heavy atom. The first-order chi connectivity index (χ1) is 14.5. The Hall–Kier alpha value is -2.44. The summed E-state index contributed by atoms with van der Waals surface area (Å²) in [7, 11) is 0. The Labute approximate surface area is 179 Å². The number of benzene rings is 1. The van der Waals surface area contributed by atoms with Gasteiger partial charge in [0.15, 0.2) is 0 Å². The van der Waals surface area contributed by atoms with Gasteiger partial charge in [-0.25, -0.2) is 0 Å². The van der Waals surface area contributed by atoms with Gasteiger partial charge in [-0.1, -0.05) is 57.6 Å². The first kappa shape index (κ1) is 25.6. The molecule has 7 nitrogen and oxygen atoms in total. The fourth-order valence-corrected chi connectivity index (χ4v) is 3.11. The highest BCUT2D eigenvalue weighted by Crippen LogP contribution is 2.21. The third-order valence-electron chi connectivity index (χ3n) is 5.03. The summed E-state index contributed by atoms with van der Waals surface area (Å²) >= 11 is 0. The number of rotatable bonds is 16. The van der Waals surface area contributed by atoms with E-state index in [2.05, 4.69) is 6.92 Å². The van der Waals surface area contributed by atoms with E-state index in [0.717, 1.165) is 57.8 Å². The van der Waals surface area contributed by atoms with E-state index in [-0.39, 0.29) is 24.2 Å². The molecule has 7 heteroatoms. The number of nitro benzene ring substituents is 1. The number of unbranched alkanes of at least 4 members (excludes halogenated alkanes) is 7. The number of nitrogens with zero attached hydrogens (tertiary/aromatic N) is 1. The highest BCUT2D eigenvalue weighted by atomic mass is 16.6. The second-order valence-corrected chi connectivity index (χ2v) is 7.53. The Kier molecular flexibility index (Phi) is 13.1. The molecule has 0 aliphatic carbocycles. The molecule has 1 aromatic carbocycles. The highest BCUT2D eigenvalue weighted by molar-refractivity contribution is 5.69. The lowest BCUT2D eigenvalue weighted by Gasteiger charge is -2.08. The van der Waals surface area contributed by atoms with Crippen molar-refractivity contribution in [1.82, 2.24) is 0 Å². The number of carbonyl (C=O) groups excluding carboxylic acids is 2. The predicted octanol–water partition coefficient (Wildman–Crippen LogP) is 5.80. The van der Waals surface area contributed by atoms with Crippen molar-refractivity contribution >= 4 is 17.6 Å². The van der Waals surface area contributed by atoms with E-state index in [1.807, 2.05) is 0 Å². The standard InChI is InChI=1S/C23H35NO6/c1-3-4-11-17-29-22(25)15-9-7-5-6-8-10-16-23(26)30-18-20-13-12-14-21(19(20)2)24(27)28/h12-14H,3-11,15-18H2,1-2H3. The number of ether oxygens (including phenoxy) is 2. The third kappa shape index (κ3) is 10.9. The lowest BCUT2D eigenvalue weighted by molar-refractivity contribution is -0.385. The SMILES string of the molecule is CCCCCOC(=O)CCCCCCCCC(=O)OCc1cccc([N+](=O)[O-])c1C. The highest BCUT2D eigenvalue weighted by Gasteiger charge is 2.14. The fraction of sp³-hybridized carbons (Fsp3) is 0.652. The van der Waals surface area contributed by atoms with E-state index >= 15 is 0 Å². The summed E-state index contributed by atoms with van der Waals surface area (Å²) < 4.78 is 10.4. The van der Waals surface area contributed by atoms with Crippen LogP contribution in [0.2, 0.25) is 0 Å². The summed E-state index contributed by atoms with van der Waals surface area (Å²) in [5, 5.41) is 11.0. The molecule has 1 rings (SSSR count). The average molecular weight is 422 g/mol. The first-order valence-corrected chi connectivity index (χ1v) is 11.0. The number of hydrogen-bond acceptors (Lipinski definition) is 6. The lowest BCUT2D eigenvalue weighted by Crippen LogP contribution is -2.06. The van der Waals surface area contributed by atoms with Crippen molar-refractivity contribution in [3.05, 3.63) is 39.4 Å². The molecule has 0 aromatic heterocycles. The van der Waals surface area contributed by atoms with Crippen LogP contribution in [0.1, 0.15) is 88.7 Å². The van der Waals surface area contributed by atoms with Gasteiger partial charge in [-0.15, -0.1) is 0 Å². The molecule has 0 radical (unpaired) electrons. The van der Waals surface area contributed by atoms with Crippen LogP contribution < -0.4 is 0 Å². The van der Waals surface area contributed by atoms with E-state index in [0.29, 0.717) is 30.6 Å². The largest absolute Gasteiger partial charge is 0.466 e. The monoisotopic (exact) mass is 421 g/mol. The summed E-state index contributed by atoms with van der Waals surface area (Å²) in [6.07, 6.45) is 9.55. The van der Waals surface area contributed by atoms with E-state index < -0.39 is 4.92 Å². The average Bonchev–Trinajstić information content (AvgIpc) is 2.72. The van der Waals surface area contributed by atoms with Crippen molar-refractivity contribution in [3.63, 3.8) is 0 Å². The smallest absolute Gasteiger partial charge is 0.306 e. The van der Waals surface area contributed by atoms with Crippen molar-refractivity contribution in [1.29, 1.82) is 0 Å². The maximum absolute atomic E-state index is 11.9. The molecule has 0 saturated carbocycles. The van der Waals surface area contributed by atoms with Crippen LogP contribution in [0.3, 0.4) is 0 Å². The van der Waals surface area contributed by atoms with Crippen LogP contribution in [0.4, 0.5) is 5.69 Å². The van der Waals surface area contributed by atoms with Gasteiger partial charge in [0.1, 0.15) is 6.61 Å². The van der Waals surface area contributed by atoms with E-state index in [1.54, 1.807) is 19.1 Å². The summed E-state index contributed by atoms with van der Waals surface area (Å²) in [5.41, 5.74) is 1.22. The molecule has 0 amide bonds. The molecule has 0 fully saturated rings. The first-order valence-electron chi connectivity index (χ1n) is 11.0. The van der Waals surface area contributed by atoms with E-state index in [4.69, 9.17) is 9.47 Å². The van der Waals surface area contributed by atoms with Gasteiger partial charge in [0.25, 0.3) is 5.69 Å². The summed E-state index contributed by atoms with van der Waals surface area (Å²) in [5.74, 6) is -0.389. The predicted molar refractivity (Wildman–Crippen MR) is 115 cm³/mol. The second-order valence-electron chi connectivity index (χ2n) is 7.53. The topological polar surface area (TPSA) is 95.7 Å². The molecular formula is C23H35NO6. The fourth-order valence-electron chi connectivity index (χ4n) is 3.11. The molecule has 0 aliphatic heterocycles. The Balaban J connectivity index is 2.04. The van der Waals surface area contributed by atoms with Gasteiger partial charge >= 0.3 is 11.9 Å². The number of nitro groups is 1. The van der Waals surface area contributed by atoms with Crippen molar-refractivity contribution in [2.45, 2.75) is 91.1 Å². The van der Waals surface area contributed by atoms with Gasteiger partial charge in [-0.3, -0.25) is 19.7 Å². The van der Waals surface area contributed by atoms with Crippen LogP contribution in [-0.2, 0) is 25.7 Å². The van der Waals surface area contributed by atoms with Gasteiger partial charge in [0.2, 0.25) is 0 Å².